The molecule has 6 heteroatoms. The Morgan fingerprint density at radius 1 is 1.26 bits per heavy atom. The summed E-state index contributed by atoms with van der Waals surface area (Å²) in [4.78, 5) is 10.0. The number of furan rings is 1. The molecule has 0 amide bonds. The van der Waals surface area contributed by atoms with Crippen LogP contribution in [0.4, 0.5) is 5.88 Å². The Morgan fingerprint density at radius 3 is 2.84 bits per heavy atom. The second-order valence-corrected chi connectivity index (χ2v) is 4.97. The molecule has 2 heterocycles. The first-order valence-corrected chi connectivity index (χ1v) is 6.41. The van der Waals surface area contributed by atoms with Gasteiger partial charge in [-0.2, -0.15) is 0 Å². The maximum atomic E-state index is 10.6. The summed E-state index contributed by atoms with van der Waals surface area (Å²) < 4.78 is 8.18. The number of halogens is 1. The lowest BCUT2D eigenvalue weighted by Crippen LogP contribution is -1.96. The molecule has 96 valence electrons. The summed E-state index contributed by atoms with van der Waals surface area (Å²) in [6, 6.07) is 10.9. The van der Waals surface area contributed by atoms with Crippen LogP contribution >= 0.6 is 15.9 Å². The molecule has 2 aromatic heterocycles. The monoisotopic (exact) mass is 320 g/mol. The molecule has 3 aromatic rings. The van der Waals surface area contributed by atoms with Gasteiger partial charge in [0.05, 0.1) is 12.6 Å². The van der Waals surface area contributed by atoms with Crippen molar-refractivity contribution < 1.29 is 9.34 Å². The Balaban J connectivity index is 1.96. The lowest BCUT2D eigenvalue weighted by Gasteiger charge is -2.02. The van der Waals surface area contributed by atoms with Gasteiger partial charge in [-0.25, -0.2) is 0 Å². The molecule has 0 radical (unpaired) electrons. The highest BCUT2D eigenvalue weighted by Gasteiger charge is 2.12. The van der Waals surface area contributed by atoms with Crippen LogP contribution in [0, 0.1) is 10.1 Å². The van der Waals surface area contributed by atoms with E-state index in [4.69, 9.17) is 4.42 Å². The number of aromatic nitrogens is 1. The van der Waals surface area contributed by atoms with Crippen LogP contribution in [0.15, 0.2) is 51.5 Å². The first-order valence-electron chi connectivity index (χ1n) is 5.61. The van der Waals surface area contributed by atoms with Gasteiger partial charge in [-0.3, -0.25) is 10.1 Å². The van der Waals surface area contributed by atoms with Crippen LogP contribution < -0.4 is 0 Å². The zero-order valence-electron chi connectivity index (χ0n) is 9.75. The number of rotatable bonds is 3. The number of hydrogen-bond donors (Lipinski definition) is 0. The van der Waals surface area contributed by atoms with Crippen LogP contribution in [0.25, 0.3) is 10.9 Å². The van der Waals surface area contributed by atoms with Crippen molar-refractivity contribution in [1.82, 2.24) is 4.57 Å². The summed E-state index contributed by atoms with van der Waals surface area (Å²) in [6.45, 7) is 0.466. The highest BCUT2D eigenvalue weighted by Crippen LogP contribution is 2.26. The molecule has 1 aromatic carbocycles. The van der Waals surface area contributed by atoms with Gasteiger partial charge in [0.15, 0.2) is 0 Å². The summed E-state index contributed by atoms with van der Waals surface area (Å²) in [5.74, 6) is 0.330. The molecule has 0 aliphatic rings. The fraction of sp³-hybridized carbons (Fsp3) is 0.0769. The fourth-order valence-electron chi connectivity index (χ4n) is 2.04. The number of fused-ring (bicyclic) bond motifs is 1. The van der Waals surface area contributed by atoms with Gasteiger partial charge >= 0.3 is 5.88 Å². The van der Waals surface area contributed by atoms with Crippen molar-refractivity contribution in [2.75, 3.05) is 0 Å². The van der Waals surface area contributed by atoms with E-state index in [0.29, 0.717) is 12.3 Å². The molecule has 0 saturated carbocycles. The molecular formula is C13H9BrN2O3. The maximum absolute atomic E-state index is 10.6. The summed E-state index contributed by atoms with van der Waals surface area (Å²) in [5, 5.41) is 11.7. The summed E-state index contributed by atoms with van der Waals surface area (Å²) >= 11 is 3.49. The largest absolute Gasteiger partial charge is 0.433 e. The minimum atomic E-state index is -0.534. The highest BCUT2D eigenvalue weighted by molar-refractivity contribution is 9.10. The first-order chi connectivity index (χ1) is 9.15. The molecule has 0 atom stereocenters. The van der Waals surface area contributed by atoms with Crippen molar-refractivity contribution >= 4 is 32.7 Å². The van der Waals surface area contributed by atoms with Crippen LogP contribution in [0.2, 0.25) is 0 Å². The number of nitrogens with zero attached hydrogens (tertiary/aromatic N) is 2. The Kier molecular flexibility index (Phi) is 2.87. The Labute approximate surface area is 116 Å². The molecular weight excluding hydrogens is 312 g/mol. The van der Waals surface area contributed by atoms with Crippen LogP contribution in [-0.4, -0.2) is 9.49 Å². The lowest BCUT2D eigenvalue weighted by molar-refractivity contribution is -0.402. The van der Waals surface area contributed by atoms with Crippen molar-refractivity contribution in [3.63, 3.8) is 0 Å². The minimum absolute atomic E-state index is 0.229. The lowest BCUT2D eigenvalue weighted by atomic mass is 10.2. The van der Waals surface area contributed by atoms with E-state index in [1.165, 1.54) is 6.07 Å². The third-order valence-electron chi connectivity index (χ3n) is 2.91. The van der Waals surface area contributed by atoms with Gasteiger partial charge < -0.3 is 8.98 Å². The molecule has 0 N–H and O–H groups in total. The van der Waals surface area contributed by atoms with Gasteiger partial charge in [0.25, 0.3) is 0 Å². The third kappa shape index (κ3) is 2.15. The van der Waals surface area contributed by atoms with E-state index in [1.54, 1.807) is 6.07 Å². The molecule has 5 nitrogen and oxygen atoms in total. The van der Waals surface area contributed by atoms with E-state index in [-0.39, 0.29) is 5.88 Å². The second-order valence-electron chi connectivity index (χ2n) is 4.11. The molecule has 0 aliphatic carbocycles. The topological polar surface area (TPSA) is 61.2 Å². The fourth-order valence-corrected chi connectivity index (χ4v) is 2.53. The number of nitro groups is 1. The molecule has 0 spiro atoms. The van der Waals surface area contributed by atoms with E-state index in [2.05, 4.69) is 15.9 Å². The molecule has 0 fully saturated rings. The molecule has 0 aliphatic heterocycles. The van der Waals surface area contributed by atoms with Crippen molar-refractivity contribution in [2.45, 2.75) is 6.54 Å². The van der Waals surface area contributed by atoms with Crippen LogP contribution in [0.3, 0.4) is 0 Å². The number of benzene rings is 1. The number of hydrogen-bond acceptors (Lipinski definition) is 3. The van der Waals surface area contributed by atoms with Crippen molar-refractivity contribution in [2.24, 2.45) is 0 Å². The van der Waals surface area contributed by atoms with Gasteiger partial charge in [0, 0.05) is 21.6 Å². The average Bonchev–Trinajstić information content (AvgIpc) is 2.98. The van der Waals surface area contributed by atoms with Gasteiger partial charge in [-0.05, 0) is 24.3 Å². The minimum Gasteiger partial charge on any atom is -0.404 e. The van der Waals surface area contributed by atoms with Gasteiger partial charge in [-0.15, -0.1) is 0 Å². The molecule has 3 rings (SSSR count). The molecule has 0 unspecified atom stereocenters. The SMILES string of the molecule is O=[N+]([O-])c1ccc(Cn2ccc3c(Br)cccc32)o1. The second kappa shape index (κ2) is 4.55. The zero-order valence-corrected chi connectivity index (χ0v) is 11.3. The van der Waals surface area contributed by atoms with Crippen LogP contribution in [0.5, 0.6) is 0 Å². The van der Waals surface area contributed by atoms with E-state index >= 15 is 0 Å². The van der Waals surface area contributed by atoms with Crippen molar-refractivity contribution in [3.05, 3.63) is 62.9 Å². The first kappa shape index (κ1) is 12.0. The quantitative estimate of drug-likeness (QED) is 0.542. The highest BCUT2D eigenvalue weighted by atomic mass is 79.9. The van der Waals surface area contributed by atoms with Crippen molar-refractivity contribution in [1.29, 1.82) is 0 Å². The standard InChI is InChI=1S/C13H9BrN2O3/c14-11-2-1-3-12-10(11)6-7-15(12)8-9-4-5-13(19-9)16(17)18/h1-7H,8H2. The third-order valence-corrected chi connectivity index (χ3v) is 3.61. The Morgan fingerprint density at radius 2 is 2.11 bits per heavy atom. The van der Waals surface area contributed by atoms with Gasteiger partial charge in [0.1, 0.15) is 10.7 Å². The normalized spacial score (nSPS) is 11.0. The van der Waals surface area contributed by atoms with Gasteiger partial charge in [-0.1, -0.05) is 22.0 Å². The van der Waals surface area contributed by atoms with Crippen LogP contribution in [-0.2, 0) is 6.54 Å². The van der Waals surface area contributed by atoms with E-state index in [9.17, 15) is 10.1 Å². The van der Waals surface area contributed by atoms with Gasteiger partial charge in [0.2, 0.25) is 0 Å². The molecule has 19 heavy (non-hydrogen) atoms. The average molecular weight is 321 g/mol. The Bertz CT molecular complexity index is 760. The maximum Gasteiger partial charge on any atom is 0.433 e. The Hall–Kier alpha value is -2.08. The van der Waals surface area contributed by atoms with E-state index < -0.39 is 4.92 Å². The summed E-state index contributed by atoms with van der Waals surface area (Å²) in [7, 11) is 0. The van der Waals surface area contributed by atoms with Crippen LogP contribution in [0.1, 0.15) is 5.76 Å². The molecule has 0 saturated heterocycles. The molecule has 0 bridgehead atoms. The predicted octanol–water partition coefficient (Wildman–Crippen LogP) is 3.95. The predicted molar refractivity (Wildman–Crippen MR) is 74.1 cm³/mol. The van der Waals surface area contributed by atoms with Crippen molar-refractivity contribution in [3.8, 4) is 0 Å². The smallest absolute Gasteiger partial charge is 0.404 e. The summed E-state index contributed by atoms with van der Waals surface area (Å²) in [6.07, 6.45) is 1.93. The van der Waals surface area contributed by atoms with E-state index in [1.807, 2.05) is 35.0 Å². The summed E-state index contributed by atoms with van der Waals surface area (Å²) in [5.41, 5.74) is 1.05. The zero-order chi connectivity index (χ0) is 13.4. The van der Waals surface area contributed by atoms with E-state index in [0.717, 1.165) is 15.4 Å².